The molecular formula is C14H11F5. The number of hydrogen-bond acceptors (Lipinski definition) is 0. The first-order valence-electron chi connectivity index (χ1n) is 5.77. The molecule has 1 saturated carbocycles. The molecule has 1 aromatic rings. The first-order chi connectivity index (χ1) is 8.93. The van der Waals surface area contributed by atoms with E-state index in [4.69, 9.17) is 0 Å². The van der Waals surface area contributed by atoms with Crippen LogP contribution in [-0.4, -0.2) is 0 Å². The minimum Gasteiger partial charge on any atom is -0.203 e. The van der Waals surface area contributed by atoms with E-state index in [1.54, 1.807) is 26.0 Å². The highest BCUT2D eigenvalue weighted by molar-refractivity contribution is 5.51. The van der Waals surface area contributed by atoms with Crippen LogP contribution >= 0.6 is 0 Å². The van der Waals surface area contributed by atoms with Crippen molar-refractivity contribution < 1.29 is 22.0 Å². The fourth-order valence-corrected chi connectivity index (χ4v) is 2.40. The van der Waals surface area contributed by atoms with Crippen molar-refractivity contribution in [2.75, 3.05) is 0 Å². The highest BCUT2D eigenvalue weighted by atomic mass is 19.2. The third-order valence-corrected chi connectivity index (χ3v) is 3.42. The standard InChI is InChI=1S/C14H11F5/c1-3-6-5-8(7(6)4-2)9-10(15)12(17)14(19)13(18)11(9)16/h3-4,8H,5H2,1-2H3/b6-3-,7-4+. The van der Waals surface area contributed by atoms with Crippen molar-refractivity contribution in [3.8, 4) is 0 Å². The van der Waals surface area contributed by atoms with Crippen molar-refractivity contribution in [3.05, 3.63) is 57.9 Å². The molecule has 0 radical (unpaired) electrons. The molecule has 2 rings (SSSR count). The molecule has 0 N–H and O–H groups in total. The molecule has 0 saturated heterocycles. The smallest absolute Gasteiger partial charge is 0.200 e. The molecule has 0 nitrogen and oxygen atoms in total. The average molecular weight is 274 g/mol. The quantitative estimate of drug-likeness (QED) is 0.393. The summed E-state index contributed by atoms with van der Waals surface area (Å²) in [5.74, 6) is -10.2. The Kier molecular flexibility index (Phi) is 3.47. The lowest BCUT2D eigenvalue weighted by Gasteiger charge is -2.34. The Morgan fingerprint density at radius 2 is 1.26 bits per heavy atom. The minimum atomic E-state index is -2.12. The Hall–Kier alpha value is -1.65. The van der Waals surface area contributed by atoms with Gasteiger partial charge in [-0.25, -0.2) is 22.0 Å². The number of halogens is 5. The molecule has 1 aliphatic carbocycles. The highest BCUT2D eigenvalue weighted by Gasteiger charge is 2.37. The molecule has 1 aromatic carbocycles. The molecule has 0 bridgehead atoms. The van der Waals surface area contributed by atoms with Gasteiger partial charge in [0.1, 0.15) is 0 Å². The van der Waals surface area contributed by atoms with E-state index in [-0.39, 0.29) is 6.42 Å². The minimum absolute atomic E-state index is 0.272. The van der Waals surface area contributed by atoms with Crippen LogP contribution in [0, 0.1) is 29.1 Å². The van der Waals surface area contributed by atoms with Crippen molar-refractivity contribution >= 4 is 0 Å². The molecule has 0 aromatic heterocycles. The summed E-state index contributed by atoms with van der Waals surface area (Å²) >= 11 is 0. The number of allylic oxidation sites excluding steroid dienone is 4. The van der Waals surface area contributed by atoms with E-state index in [9.17, 15) is 22.0 Å². The van der Waals surface area contributed by atoms with Gasteiger partial charge in [0.15, 0.2) is 23.3 Å². The van der Waals surface area contributed by atoms with Crippen LogP contribution in [0.5, 0.6) is 0 Å². The first kappa shape index (κ1) is 13.8. The number of benzene rings is 1. The average Bonchev–Trinajstić information content (AvgIpc) is 2.38. The summed E-state index contributed by atoms with van der Waals surface area (Å²) in [6.45, 7) is 3.42. The largest absolute Gasteiger partial charge is 0.203 e. The van der Waals surface area contributed by atoms with Gasteiger partial charge in [-0.05, 0) is 31.4 Å². The van der Waals surface area contributed by atoms with Gasteiger partial charge in [-0.2, -0.15) is 0 Å². The lowest BCUT2D eigenvalue weighted by Crippen LogP contribution is -2.22. The summed E-state index contributed by atoms with van der Waals surface area (Å²) in [6, 6.07) is 0. The summed E-state index contributed by atoms with van der Waals surface area (Å²) in [4.78, 5) is 0. The van der Waals surface area contributed by atoms with Gasteiger partial charge >= 0.3 is 0 Å². The van der Waals surface area contributed by atoms with Crippen LogP contribution in [0.15, 0.2) is 23.3 Å². The summed E-state index contributed by atoms with van der Waals surface area (Å²) in [5.41, 5.74) is 0.720. The zero-order valence-electron chi connectivity index (χ0n) is 10.3. The van der Waals surface area contributed by atoms with Crippen molar-refractivity contribution in [1.82, 2.24) is 0 Å². The molecule has 0 aliphatic heterocycles. The highest BCUT2D eigenvalue weighted by Crippen LogP contribution is 2.48. The molecule has 1 aliphatic rings. The second-order valence-corrected chi connectivity index (χ2v) is 4.30. The van der Waals surface area contributed by atoms with Gasteiger partial charge in [-0.1, -0.05) is 12.2 Å². The van der Waals surface area contributed by atoms with Crippen LogP contribution in [0.1, 0.15) is 31.7 Å². The molecular weight excluding hydrogens is 263 g/mol. The van der Waals surface area contributed by atoms with E-state index in [1.807, 2.05) is 0 Å². The maximum Gasteiger partial charge on any atom is 0.200 e. The molecule has 0 heterocycles. The molecule has 19 heavy (non-hydrogen) atoms. The van der Waals surface area contributed by atoms with E-state index < -0.39 is 40.6 Å². The predicted molar refractivity (Wildman–Crippen MR) is 61.1 cm³/mol. The molecule has 1 atom stereocenters. The van der Waals surface area contributed by atoms with Crippen LogP contribution in [0.2, 0.25) is 0 Å². The van der Waals surface area contributed by atoms with E-state index in [0.717, 1.165) is 5.57 Å². The van der Waals surface area contributed by atoms with Crippen LogP contribution in [0.3, 0.4) is 0 Å². The topological polar surface area (TPSA) is 0 Å². The number of rotatable bonds is 1. The van der Waals surface area contributed by atoms with Gasteiger partial charge in [0.05, 0.1) is 0 Å². The maximum atomic E-state index is 13.6. The van der Waals surface area contributed by atoms with E-state index >= 15 is 0 Å². The summed E-state index contributed by atoms with van der Waals surface area (Å²) in [6.07, 6.45) is 3.66. The molecule has 0 amide bonds. The van der Waals surface area contributed by atoms with Crippen LogP contribution < -0.4 is 0 Å². The summed E-state index contributed by atoms with van der Waals surface area (Å²) in [5, 5.41) is 0. The third-order valence-electron chi connectivity index (χ3n) is 3.42. The van der Waals surface area contributed by atoms with Gasteiger partial charge in [0.25, 0.3) is 0 Å². The second kappa shape index (κ2) is 4.79. The fraction of sp³-hybridized carbons (Fsp3) is 0.286. The Labute approximate surface area is 107 Å². The SMILES string of the molecule is C/C=C1/CC(c2c(F)c(F)c(F)c(F)c2F)/C1=C/C. The lowest BCUT2D eigenvalue weighted by atomic mass is 9.70. The zero-order chi connectivity index (χ0) is 14.3. The Bertz CT molecular complexity index is 569. The van der Waals surface area contributed by atoms with Crippen molar-refractivity contribution in [2.45, 2.75) is 26.2 Å². The third kappa shape index (κ3) is 1.88. The Morgan fingerprint density at radius 3 is 1.68 bits per heavy atom. The van der Waals surface area contributed by atoms with Gasteiger partial charge in [0, 0.05) is 11.5 Å². The van der Waals surface area contributed by atoms with Gasteiger partial charge in [0.2, 0.25) is 5.82 Å². The zero-order valence-corrected chi connectivity index (χ0v) is 10.3. The monoisotopic (exact) mass is 274 g/mol. The van der Waals surface area contributed by atoms with Gasteiger partial charge in [-0.15, -0.1) is 0 Å². The molecule has 0 spiro atoms. The van der Waals surface area contributed by atoms with Crippen LogP contribution in [-0.2, 0) is 0 Å². The second-order valence-electron chi connectivity index (χ2n) is 4.30. The van der Waals surface area contributed by atoms with Crippen molar-refractivity contribution in [2.24, 2.45) is 0 Å². The first-order valence-corrected chi connectivity index (χ1v) is 5.77. The maximum absolute atomic E-state index is 13.6. The Balaban J connectivity index is 2.60. The van der Waals surface area contributed by atoms with Gasteiger partial charge in [-0.3, -0.25) is 0 Å². The van der Waals surface area contributed by atoms with E-state index in [1.165, 1.54) is 0 Å². The molecule has 5 heteroatoms. The van der Waals surface area contributed by atoms with E-state index in [2.05, 4.69) is 0 Å². The molecule has 1 fully saturated rings. The number of hydrogen-bond donors (Lipinski definition) is 0. The van der Waals surface area contributed by atoms with Crippen LogP contribution in [0.25, 0.3) is 0 Å². The normalized spacial score (nSPS) is 23.0. The molecule has 1 unspecified atom stereocenters. The Morgan fingerprint density at radius 1 is 0.789 bits per heavy atom. The van der Waals surface area contributed by atoms with Crippen LogP contribution in [0.4, 0.5) is 22.0 Å². The van der Waals surface area contributed by atoms with Gasteiger partial charge < -0.3 is 0 Å². The summed E-state index contributed by atoms with van der Waals surface area (Å²) in [7, 11) is 0. The summed E-state index contributed by atoms with van der Waals surface area (Å²) < 4.78 is 66.5. The van der Waals surface area contributed by atoms with E-state index in [0.29, 0.717) is 5.57 Å². The predicted octanol–water partition coefficient (Wildman–Crippen LogP) is 4.76. The lowest BCUT2D eigenvalue weighted by molar-refractivity contribution is 0.363. The van der Waals surface area contributed by atoms with Crippen molar-refractivity contribution in [1.29, 1.82) is 0 Å². The van der Waals surface area contributed by atoms with Crippen molar-refractivity contribution in [3.63, 3.8) is 0 Å². The molecule has 102 valence electrons. The fourth-order valence-electron chi connectivity index (χ4n) is 2.40.